The van der Waals surface area contributed by atoms with Gasteiger partial charge in [-0.25, -0.2) is 0 Å². The first kappa shape index (κ1) is 7.32. The van der Waals surface area contributed by atoms with Gasteiger partial charge in [0.15, 0.2) is 0 Å². The van der Waals surface area contributed by atoms with E-state index in [0.29, 0.717) is 6.04 Å². The maximum Gasteiger partial charge on any atom is 0.0423 e. The fraction of sp³-hybridized carbons (Fsp3) is 0.778. The van der Waals surface area contributed by atoms with Crippen molar-refractivity contribution >= 4 is 0 Å². The minimum atomic E-state index is 0.675. The highest BCUT2D eigenvalue weighted by Gasteiger charge is 2.28. The molecule has 1 fully saturated rings. The van der Waals surface area contributed by atoms with Gasteiger partial charge in [0, 0.05) is 19.1 Å². The minimum absolute atomic E-state index is 0.675. The quantitative estimate of drug-likeness (QED) is 0.512. The molecule has 0 amide bonds. The smallest absolute Gasteiger partial charge is 0.0423 e. The molecule has 0 aromatic carbocycles. The summed E-state index contributed by atoms with van der Waals surface area (Å²) in [4.78, 5) is 2.39. The van der Waals surface area contributed by atoms with Crippen molar-refractivity contribution in [2.75, 3.05) is 26.7 Å². The molecular weight excluding hydrogens is 136 g/mol. The second kappa shape index (κ2) is 2.61. The molecule has 0 saturated carbocycles. The molecule has 0 unspecified atom stereocenters. The van der Waals surface area contributed by atoms with Crippen molar-refractivity contribution in [3.05, 3.63) is 11.1 Å². The van der Waals surface area contributed by atoms with Crippen LogP contribution in [0, 0.1) is 0 Å². The molecule has 0 spiro atoms. The minimum Gasteiger partial charge on any atom is -0.309 e. The van der Waals surface area contributed by atoms with Crippen molar-refractivity contribution in [2.45, 2.75) is 19.4 Å². The van der Waals surface area contributed by atoms with E-state index < -0.39 is 0 Å². The van der Waals surface area contributed by atoms with E-state index in [1.54, 1.807) is 11.1 Å². The molecule has 2 rings (SSSR count). The van der Waals surface area contributed by atoms with Gasteiger partial charge in [0.1, 0.15) is 0 Å². The molecule has 1 N–H and O–H groups in total. The molecular formula is C9H16N2. The Morgan fingerprint density at radius 1 is 1.55 bits per heavy atom. The van der Waals surface area contributed by atoms with Gasteiger partial charge in [-0.15, -0.1) is 0 Å². The van der Waals surface area contributed by atoms with Crippen LogP contribution in [0.1, 0.15) is 13.3 Å². The van der Waals surface area contributed by atoms with Crippen molar-refractivity contribution in [1.82, 2.24) is 10.2 Å². The third kappa shape index (κ3) is 1.21. The normalized spacial score (nSPS) is 32.7. The SMILES string of the molecule is CC1=C2CN(C)C[C@H]2NCC1. The average Bonchev–Trinajstić information content (AvgIpc) is 2.31. The van der Waals surface area contributed by atoms with Gasteiger partial charge in [0.2, 0.25) is 0 Å². The van der Waals surface area contributed by atoms with Crippen LogP contribution in [0.15, 0.2) is 11.1 Å². The Hall–Kier alpha value is -0.340. The number of fused-ring (bicyclic) bond motifs is 1. The van der Waals surface area contributed by atoms with Crippen molar-refractivity contribution in [1.29, 1.82) is 0 Å². The number of hydrogen-bond acceptors (Lipinski definition) is 2. The molecule has 2 heterocycles. The number of nitrogens with one attached hydrogen (secondary N) is 1. The monoisotopic (exact) mass is 152 g/mol. The Kier molecular flexibility index (Phi) is 1.74. The lowest BCUT2D eigenvalue weighted by Gasteiger charge is -2.21. The standard InChI is InChI=1S/C9H16N2/c1-7-3-4-10-9-6-11(2)5-8(7)9/h9-10H,3-6H2,1-2H3/t9-/m1/s1. The van der Waals surface area contributed by atoms with Crippen LogP contribution < -0.4 is 5.32 Å². The predicted molar refractivity (Wildman–Crippen MR) is 46.6 cm³/mol. The molecule has 2 aliphatic rings. The molecule has 0 aromatic rings. The number of hydrogen-bond donors (Lipinski definition) is 1. The van der Waals surface area contributed by atoms with E-state index in [2.05, 4.69) is 24.2 Å². The number of likely N-dealkylation sites (tertiary alicyclic amines) is 1. The van der Waals surface area contributed by atoms with E-state index in [-0.39, 0.29) is 0 Å². The molecule has 1 atom stereocenters. The van der Waals surface area contributed by atoms with Crippen molar-refractivity contribution in [3.63, 3.8) is 0 Å². The number of likely N-dealkylation sites (N-methyl/N-ethyl adjacent to an activating group) is 1. The summed E-state index contributed by atoms with van der Waals surface area (Å²) in [6.45, 7) is 5.84. The van der Waals surface area contributed by atoms with E-state index in [0.717, 1.165) is 0 Å². The molecule has 2 heteroatoms. The lowest BCUT2D eigenvalue weighted by atomic mass is 9.98. The van der Waals surface area contributed by atoms with Gasteiger partial charge in [-0.3, -0.25) is 0 Å². The Labute approximate surface area is 68.3 Å². The Morgan fingerprint density at radius 2 is 2.36 bits per heavy atom. The van der Waals surface area contributed by atoms with Crippen molar-refractivity contribution < 1.29 is 0 Å². The van der Waals surface area contributed by atoms with E-state index in [1.807, 2.05) is 0 Å². The molecule has 0 aromatic heterocycles. The second-order valence-corrected chi connectivity index (χ2v) is 3.76. The van der Waals surface area contributed by atoms with Crippen molar-refractivity contribution in [3.8, 4) is 0 Å². The van der Waals surface area contributed by atoms with Gasteiger partial charge >= 0.3 is 0 Å². The topological polar surface area (TPSA) is 15.3 Å². The highest BCUT2D eigenvalue weighted by Crippen LogP contribution is 2.23. The number of rotatable bonds is 0. The molecule has 2 aliphatic heterocycles. The summed E-state index contributed by atoms with van der Waals surface area (Å²) in [6, 6.07) is 0.675. The summed E-state index contributed by atoms with van der Waals surface area (Å²) in [5, 5.41) is 3.54. The molecule has 62 valence electrons. The molecule has 0 radical (unpaired) electrons. The largest absolute Gasteiger partial charge is 0.309 e. The number of nitrogens with zero attached hydrogens (tertiary/aromatic N) is 1. The Morgan fingerprint density at radius 3 is 3.09 bits per heavy atom. The van der Waals surface area contributed by atoms with Crippen LogP contribution in [0.3, 0.4) is 0 Å². The lowest BCUT2D eigenvalue weighted by Crippen LogP contribution is -2.36. The zero-order valence-corrected chi connectivity index (χ0v) is 7.35. The predicted octanol–water partition coefficient (Wildman–Crippen LogP) is 0.610. The average molecular weight is 152 g/mol. The van der Waals surface area contributed by atoms with Gasteiger partial charge in [0.05, 0.1) is 0 Å². The molecule has 0 bridgehead atoms. The Bertz CT molecular complexity index is 196. The fourth-order valence-corrected chi connectivity index (χ4v) is 2.10. The third-order valence-corrected chi connectivity index (χ3v) is 2.79. The highest BCUT2D eigenvalue weighted by atomic mass is 15.2. The Balaban J connectivity index is 2.23. The zero-order valence-electron chi connectivity index (χ0n) is 7.35. The van der Waals surface area contributed by atoms with E-state index in [4.69, 9.17) is 0 Å². The van der Waals surface area contributed by atoms with Crippen LogP contribution in [0.25, 0.3) is 0 Å². The summed E-state index contributed by atoms with van der Waals surface area (Å²) < 4.78 is 0. The third-order valence-electron chi connectivity index (χ3n) is 2.79. The van der Waals surface area contributed by atoms with Crippen LogP contribution in [0.4, 0.5) is 0 Å². The summed E-state index contributed by atoms with van der Waals surface area (Å²) in [7, 11) is 2.19. The summed E-state index contributed by atoms with van der Waals surface area (Å²) in [6.07, 6.45) is 1.25. The van der Waals surface area contributed by atoms with Crippen molar-refractivity contribution in [2.24, 2.45) is 0 Å². The molecule has 11 heavy (non-hydrogen) atoms. The van der Waals surface area contributed by atoms with Crippen LogP contribution in [0.2, 0.25) is 0 Å². The van der Waals surface area contributed by atoms with Gasteiger partial charge < -0.3 is 10.2 Å². The first-order valence-corrected chi connectivity index (χ1v) is 4.38. The molecule has 0 aliphatic carbocycles. The molecule has 1 saturated heterocycles. The van der Waals surface area contributed by atoms with E-state index >= 15 is 0 Å². The first-order chi connectivity index (χ1) is 5.27. The van der Waals surface area contributed by atoms with E-state index in [1.165, 1.54) is 26.1 Å². The second-order valence-electron chi connectivity index (χ2n) is 3.76. The zero-order chi connectivity index (χ0) is 7.84. The van der Waals surface area contributed by atoms with E-state index in [9.17, 15) is 0 Å². The van der Waals surface area contributed by atoms with Crippen LogP contribution in [0.5, 0.6) is 0 Å². The van der Waals surface area contributed by atoms with Crippen LogP contribution >= 0.6 is 0 Å². The van der Waals surface area contributed by atoms with Gasteiger partial charge in [-0.2, -0.15) is 0 Å². The van der Waals surface area contributed by atoms with Gasteiger partial charge in [-0.1, -0.05) is 5.57 Å². The molecule has 2 nitrogen and oxygen atoms in total. The highest BCUT2D eigenvalue weighted by molar-refractivity contribution is 5.27. The first-order valence-electron chi connectivity index (χ1n) is 4.38. The fourth-order valence-electron chi connectivity index (χ4n) is 2.10. The van der Waals surface area contributed by atoms with Crippen LogP contribution in [-0.2, 0) is 0 Å². The summed E-state index contributed by atoms with van der Waals surface area (Å²) in [5.41, 5.74) is 3.27. The van der Waals surface area contributed by atoms with Gasteiger partial charge in [-0.05, 0) is 32.5 Å². The summed E-state index contributed by atoms with van der Waals surface area (Å²) >= 11 is 0. The van der Waals surface area contributed by atoms with Crippen LogP contribution in [-0.4, -0.2) is 37.6 Å². The summed E-state index contributed by atoms with van der Waals surface area (Å²) in [5.74, 6) is 0. The lowest BCUT2D eigenvalue weighted by molar-refractivity contribution is 0.399. The van der Waals surface area contributed by atoms with Gasteiger partial charge in [0.25, 0.3) is 0 Å². The maximum atomic E-state index is 3.54. The maximum absolute atomic E-state index is 3.54.